The van der Waals surface area contributed by atoms with Crippen molar-refractivity contribution in [1.29, 1.82) is 5.41 Å². The van der Waals surface area contributed by atoms with E-state index in [1.165, 1.54) is 7.11 Å². The second-order valence-corrected chi connectivity index (χ2v) is 4.05. The second kappa shape index (κ2) is 8.00. The molecule has 4 N–H and O–H groups in total. The molecular formula is C13H18N2O5. The van der Waals surface area contributed by atoms with E-state index < -0.39 is 5.97 Å². The van der Waals surface area contributed by atoms with Crippen molar-refractivity contribution in [3.63, 3.8) is 0 Å². The molecule has 0 aliphatic heterocycles. The first-order valence-corrected chi connectivity index (χ1v) is 6.10. The number of rotatable bonds is 8. The molecular weight excluding hydrogens is 264 g/mol. The highest BCUT2D eigenvalue weighted by Crippen LogP contribution is 2.24. The number of ether oxygens (including phenoxy) is 2. The molecule has 20 heavy (non-hydrogen) atoms. The van der Waals surface area contributed by atoms with Crippen LogP contribution in [-0.2, 0) is 4.79 Å². The Labute approximate surface area is 116 Å². The van der Waals surface area contributed by atoms with Crippen LogP contribution in [0.25, 0.3) is 0 Å². The van der Waals surface area contributed by atoms with Gasteiger partial charge in [0, 0.05) is 12.5 Å². The van der Waals surface area contributed by atoms with Crippen LogP contribution in [0.2, 0.25) is 0 Å². The average Bonchev–Trinajstić information content (AvgIpc) is 2.45. The Morgan fingerprint density at radius 1 is 1.40 bits per heavy atom. The lowest BCUT2D eigenvalue weighted by Gasteiger charge is -2.11. The summed E-state index contributed by atoms with van der Waals surface area (Å²) in [6.07, 6.45) is 1.33. The highest BCUT2D eigenvalue weighted by atomic mass is 16.5. The summed E-state index contributed by atoms with van der Waals surface area (Å²) >= 11 is 0. The van der Waals surface area contributed by atoms with E-state index in [-0.39, 0.29) is 12.3 Å². The summed E-state index contributed by atoms with van der Waals surface area (Å²) in [6, 6.07) is 4.86. The third-order valence-corrected chi connectivity index (χ3v) is 2.61. The number of amidine groups is 1. The molecule has 0 aromatic heterocycles. The Morgan fingerprint density at radius 3 is 2.75 bits per heavy atom. The second-order valence-electron chi connectivity index (χ2n) is 4.05. The van der Waals surface area contributed by atoms with Crippen molar-refractivity contribution >= 4 is 11.8 Å². The SMILES string of the molecule is COc1cc(OCCCCC(=O)O)ccc1C(=N)NO. The van der Waals surface area contributed by atoms with E-state index in [0.29, 0.717) is 36.5 Å². The minimum atomic E-state index is -0.814. The zero-order valence-corrected chi connectivity index (χ0v) is 11.2. The molecule has 1 aromatic rings. The van der Waals surface area contributed by atoms with Gasteiger partial charge in [0.15, 0.2) is 5.84 Å². The maximum absolute atomic E-state index is 10.3. The molecule has 0 bridgehead atoms. The fourth-order valence-electron chi connectivity index (χ4n) is 1.60. The van der Waals surface area contributed by atoms with Gasteiger partial charge >= 0.3 is 5.97 Å². The number of hydrogen-bond donors (Lipinski definition) is 4. The van der Waals surface area contributed by atoms with Crippen LogP contribution in [0.1, 0.15) is 24.8 Å². The van der Waals surface area contributed by atoms with Crippen molar-refractivity contribution in [2.45, 2.75) is 19.3 Å². The van der Waals surface area contributed by atoms with Crippen LogP contribution >= 0.6 is 0 Å². The summed E-state index contributed by atoms with van der Waals surface area (Å²) in [5, 5.41) is 24.7. The fourth-order valence-corrected chi connectivity index (χ4v) is 1.60. The van der Waals surface area contributed by atoms with Gasteiger partial charge in [0.05, 0.1) is 19.3 Å². The lowest BCUT2D eigenvalue weighted by atomic mass is 10.1. The molecule has 0 spiro atoms. The summed E-state index contributed by atoms with van der Waals surface area (Å²) in [6.45, 7) is 0.408. The Bertz CT molecular complexity index is 476. The first-order valence-electron chi connectivity index (χ1n) is 6.10. The van der Waals surface area contributed by atoms with Crippen LogP contribution in [0.4, 0.5) is 0 Å². The van der Waals surface area contributed by atoms with E-state index in [1.807, 2.05) is 0 Å². The number of unbranched alkanes of at least 4 members (excludes halogenated alkanes) is 1. The number of methoxy groups -OCH3 is 1. The van der Waals surface area contributed by atoms with Crippen LogP contribution in [0.15, 0.2) is 18.2 Å². The van der Waals surface area contributed by atoms with Gasteiger partial charge in [0.25, 0.3) is 0 Å². The summed E-state index contributed by atoms with van der Waals surface area (Å²) in [5.74, 6) is -0.0212. The van der Waals surface area contributed by atoms with Gasteiger partial charge < -0.3 is 14.6 Å². The van der Waals surface area contributed by atoms with E-state index in [0.717, 1.165) is 0 Å². The van der Waals surface area contributed by atoms with E-state index in [9.17, 15) is 4.79 Å². The Kier molecular flexibility index (Phi) is 6.31. The number of carboxylic acids is 1. The molecule has 0 heterocycles. The molecule has 0 atom stereocenters. The number of hydrogen-bond acceptors (Lipinski definition) is 5. The molecule has 0 radical (unpaired) electrons. The molecule has 1 rings (SSSR count). The molecule has 0 aliphatic carbocycles. The van der Waals surface area contributed by atoms with Crippen molar-refractivity contribution in [2.75, 3.05) is 13.7 Å². The quantitative estimate of drug-likeness (QED) is 0.249. The largest absolute Gasteiger partial charge is 0.496 e. The molecule has 0 saturated carbocycles. The van der Waals surface area contributed by atoms with Crippen molar-refractivity contribution in [3.8, 4) is 11.5 Å². The number of carboxylic acid groups (broad SMARTS) is 1. The molecule has 0 saturated heterocycles. The van der Waals surface area contributed by atoms with Gasteiger partial charge in [-0.25, -0.2) is 0 Å². The van der Waals surface area contributed by atoms with Gasteiger partial charge in [-0.3, -0.25) is 20.9 Å². The van der Waals surface area contributed by atoms with Gasteiger partial charge in [-0.1, -0.05) is 0 Å². The number of hydroxylamine groups is 1. The van der Waals surface area contributed by atoms with Crippen molar-refractivity contribution in [1.82, 2.24) is 5.48 Å². The third-order valence-electron chi connectivity index (χ3n) is 2.61. The van der Waals surface area contributed by atoms with Crippen molar-refractivity contribution in [3.05, 3.63) is 23.8 Å². The minimum Gasteiger partial charge on any atom is -0.496 e. The van der Waals surface area contributed by atoms with Crippen molar-refractivity contribution < 1.29 is 24.6 Å². The fraction of sp³-hybridized carbons (Fsp3) is 0.385. The van der Waals surface area contributed by atoms with Gasteiger partial charge in [-0.15, -0.1) is 0 Å². The van der Waals surface area contributed by atoms with Crippen LogP contribution in [0, 0.1) is 5.41 Å². The summed E-state index contributed by atoms with van der Waals surface area (Å²) in [4.78, 5) is 10.3. The topological polar surface area (TPSA) is 112 Å². The van der Waals surface area contributed by atoms with E-state index in [1.54, 1.807) is 23.7 Å². The van der Waals surface area contributed by atoms with Gasteiger partial charge in [-0.2, -0.15) is 0 Å². The number of nitrogens with one attached hydrogen (secondary N) is 2. The molecule has 0 amide bonds. The van der Waals surface area contributed by atoms with Crippen LogP contribution in [-0.4, -0.2) is 35.8 Å². The first kappa shape index (κ1) is 15.8. The van der Waals surface area contributed by atoms with Gasteiger partial charge in [-0.05, 0) is 25.0 Å². The standard InChI is InChI=1S/C13H18N2O5/c1-19-11-8-9(5-6-10(11)13(14)15-18)20-7-3-2-4-12(16)17/h5-6,8,18H,2-4,7H2,1H3,(H2,14,15)(H,16,17). The predicted molar refractivity (Wildman–Crippen MR) is 71.7 cm³/mol. The summed E-state index contributed by atoms with van der Waals surface area (Å²) < 4.78 is 10.6. The predicted octanol–water partition coefficient (Wildman–Crippen LogP) is 1.63. The third kappa shape index (κ3) is 4.77. The molecule has 1 aromatic carbocycles. The molecule has 7 nitrogen and oxygen atoms in total. The van der Waals surface area contributed by atoms with E-state index in [4.69, 9.17) is 25.2 Å². The molecule has 0 aliphatic rings. The zero-order chi connectivity index (χ0) is 15.0. The van der Waals surface area contributed by atoms with E-state index >= 15 is 0 Å². The van der Waals surface area contributed by atoms with E-state index in [2.05, 4.69) is 0 Å². The monoisotopic (exact) mass is 282 g/mol. The number of aliphatic carboxylic acids is 1. The first-order chi connectivity index (χ1) is 9.58. The lowest BCUT2D eigenvalue weighted by Crippen LogP contribution is -2.19. The van der Waals surface area contributed by atoms with Gasteiger partial charge in [0.2, 0.25) is 0 Å². The molecule has 0 unspecified atom stereocenters. The summed E-state index contributed by atoms with van der Waals surface area (Å²) in [7, 11) is 1.46. The Hall–Kier alpha value is -2.28. The molecule has 7 heteroatoms. The summed E-state index contributed by atoms with van der Waals surface area (Å²) in [5.41, 5.74) is 2.16. The maximum Gasteiger partial charge on any atom is 0.303 e. The van der Waals surface area contributed by atoms with Crippen molar-refractivity contribution in [2.24, 2.45) is 0 Å². The minimum absolute atomic E-state index is 0.130. The van der Waals surface area contributed by atoms with Crippen LogP contribution in [0.3, 0.4) is 0 Å². The Morgan fingerprint density at radius 2 is 2.15 bits per heavy atom. The van der Waals surface area contributed by atoms with Crippen LogP contribution in [0.5, 0.6) is 11.5 Å². The highest BCUT2D eigenvalue weighted by Gasteiger charge is 2.09. The average molecular weight is 282 g/mol. The molecule has 0 fully saturated rings. The molecule has 110 valence electrons. The zero-order valence-electron chi connectivity index (χ0n) is 11.2. The van der Waals surface area contributed by atoms with Gasteiger partial charge in [0.1, 0.15) is 11.5 Å². The van der Waals surface area contributed by atoms with Crippen LogP contribution < -0.4 is 15.0 Å². The smallest absolute Gasteiger partial charge is 0.303 e. The highest BCUT2D eigenvalue weighted by molar-refractivity contribution is 5.98. The normalized spacial score (nSPS) is 9.90. The maximum atomic E-state index is 10.3. The number of carbonyl (C=O) groups is 1. The number of benzene rings is 1. The lowest BCUT2D eigenvalue weighted by molar-refractivity contribution is -0.137. The Balaban J connectivity index is 2.55.